The van der Waals surface area contributed by atoms with Crippen molar-refractivity contribution in [2.24, 2.45) is 0 Å². The van der Waals surface area contributed by atoms with Crippen LogP contribution in [-0.2, 0) is 17.5 Å². The highest BCUT2D eigenvalue weighted by molar-refractivity contribution is 8.18. The number of alkyl halides is 3. The Kier molecular flexibility index (Phi) is 7.90. The quantitative estimate of drug-likeness (QED) is 0.124. The Balaban J connectivity index is 1.60. The van der Waals surface area contributed by atoms with Crippen molar-refractivity contribution in [3.8, 4) is 17.2 Å². The number of rotatable bonds is 8. The lowest BCUT2D eigenvalue weighted by Gasteiger charge is -2.14. The van der Waals surface area contributed by atoms with E-state index in [1.165, 1.54) is 42.5 Å². The fourth-order valence-electron chi connectivity index (χ4n) is 3.59. The second kappa shape index (κ2) is 11.2. The summed E-state index contributed by atoms with van der Waals surface area (Å²) in [7, 11) is 0. The molecule has 4 rings (SSSR count). The Morgan fingerprint density at radius 1 is 1.03 bits per heavy atom. The van der Waals surface area contributed by atoms with Crippen LogP contribution in [0.5, 0.6) is 17.2 Å². The molecule has 0 radical (unpaired) electrons. The maximum Gasteiger partial charge on any atom is 0.416 e. The van der Waals surface area contributed by atoms with Gasteiger partial charge in [0.15, 0.2) is 11.5 Å². The number of carbonyl (C=O) groups is 2. The minimum absolute atomic E-state index is 0.0236. The van der Waals surface area contributed by atoms with Crippen LogP contribution in [0.3, 0.4) is 0 Å². The second-order valence-corrected chi connectivity index (χ2v) is 9.03. The van der Waals surface area contributed by atoms with Gasteiger partial charge in [0.05, 0.1) is 28.5 Å². The van der Waals surface area contributed by atoms with Crippen LogP contribution < -0.4 is 9.47 Å². The summed E-state index contributed by atoms with van der Waals surface area (Å²) in [5, 5.41) is 10.8. The van der Waals surface area contributed by atoms with E-state index >= 15 is 0 Å². The molecule has 8 nitrogen and oxygen atoms in total. The predicted molar refractivity (Wildman–Crippen MR) is 134 cm³/mol. The summed E-state index contributed by atoms with van der Waals surface area (Å²) in [4.78, 5) is 36.7. The smallest absolute Gasteiger partial charge is 0.416 e. The number of ether oxygens (including phenoxy) is 2. The van der Waals surface area contributed by atoms with E-state index in [-0.39, 0.29) is 35.1 Å². The summed E-state index contributed by atoms with van der Waals surface area (Å²) in [6.45, 7) is 1.57. The van der Waals surface area contributed by atoms with Crippen LogP contribution >= 0.6 is 11.8 Å². The molecule has 39 heavy (non-hydrogen) atoms. The van der Waals surface area contributed by atoms with E-state index in [4.69, 9.17) is 9.47 Å². The van der Waals surface area contributed by atoms with Gasteiger partial charge in [-0.3, -0.25) is 24.6 Å². The molecule has 0 unspecified atom stereocenters. The number of nitro benzene ring substituents is 1. The maximum atomic E-state index is 14.0. The van der Waals surface area contributed by atoms with Crippen molar-refractivity contribution in [2.75, 3.05) is 6.61 Å². The van der Waals surface area contributed by atoms with E-state index in [0.29, 0.717) is 29.5 Å². The predicted octanol–water partition coefficient (Wildman–Crippen LogP) is 7.18. The summed E-state index contributed by atoms with van der Waals surface area (Å²) >= 11 is 0.673. The number of thioether (sulfide) groups is 1. The van der Waals surface area contributed by atoms with Crippen molar-refractivity contribution in [3.05, 3.63) is 98.2 Å². The second-order valence-electron chi connectivity index (χ2n) is 8.04. The molecular weight excluding hydrogens is 544 g/mol. The van der Waals surface area contributed by atoms with Crippen molar-refractivity contribution in [1.82, 2.24) is 4.90 Å². The first-order valence-electron chi connectivity index (χ1n) is 11.3. The zero-order valence-corrected chi connectivity index (χ0v) is 20.8. The Morgan fingerprint density at radius 2 is 1.74 bits per heavy atom. The van der Waals surface area contributed by atoms with Crippen molar-refractivity contribution in [3.63, 3.8) is 0 Å². The molecule has 0 bridgehead atoms. The number of hydrogen-bond acceptors (Lipinski definition) is 7. The summed E-state index contributed by atoms with van der Waals surface area (Å²) in [6, 6.07) is 11.9. The third-order valence-electron chi connectivity index (χ3n) is 5.43. The highest BCUT2D eigenvalue weighted by Gasteiger charge is 2.36. The molecule has 1 heterocycles. The third-order valence-corrected chi connectivity index (χ3v) is 6.34. The lowest BCUT2D eigenvalue weighted by Crippen LogP contribution is -2.27. The molecule has 3 aromatic rings. The van der Waals surface area contributed by atoms with Gasteiger partial charge in [-0.1, -0.05) is 24.3 Å². The molecule has 0 spiro atoms. The van der Waals surface area contributed by atoms with Gasteiger partial charge < -0.3 is 9.47 Å². The summed E-state index contributed by atoms with van der Waals surface area (Å²) in [6.07, 6.45) is -3.37. The summed E-state index contributed by atoms with van der Waals surface area (Å²) in [5.41, 5.74) is -1.51. The number of halogens is 4. The largest absolute Gasteiger partial charge is 0.490 e. The highest BCUT2D eigenvalue weighted by Crippen LogP contribution is 2.41. The van der Waals surface area contributed by atoms with Gasteiger partial charge in [-0.25, -0.2) is 4.39 Å². The monoisotopic (exact) mass is 562 g/mol. The minimum Gasteiger partial charge on any atom is -0.490 e. The number of carbonyl (C=O) groups excluding carboxylic acids is 2. The fourth-order valence-corrected chi connectivity index (χ4v) is 4.43. The number of nitro groups is 1. The Hall–Kier alpha value is -4.39. The van der Waals surface area contributed by atoms with Crippen LogP contribution in [0.25, 0.3) is 6.08 Å². The van der Waals surface area contributed by atoms with Gasteiger partial charge in [-0.05, 0) is 60.7 Å². The average molecular weight is 562 g/mol. The van der Waals surface area contributed by atoms with Crippen LogP contribution in [0.4, 0.5) is 28.0 Å². The lowest BCUT2D eigenvalue weighted by atomic mass is 10.1. The molecule has 0 saturated carbocycles. The molecule has 13 heteroatoms. The van der Waals surface area contributed by atoms with Gasteiger partial charge in [0.2, 0.25) is 5.75 Å². The zero-order valence-electron chi connectivity index (χ0n) is 20.0. The van der Waals surface area contributed by atoms with Crippen molar-refractivity contribution in [2.45, 2.75) is 19.6 Å². The zero-order chi connectivity index (χ0) is 28.3. The van der Waals surface area contributed by atoms with Gasteiger partial charge in [-0.2, -0.15) is 13.2 Å². The number of amides is 2. The van der Waals surface area contributed by atoms with Gasteiger partial charge >= 0.3 is 11.9 Å². The van der Waals surface area contributed by atoms with Crippen LogP contribution in [0, 0.1) is 15.9 Å². The van der Waals surface area contributed by atoms with Crippen LogP contribution in [0.2, 0.25) is 0 Å². The molecule has 1 aliphatic heterocycles. The first kappa shape index (κ1) is 27.6. The molecule has 0 aromatic heterocycles. The molecular formula is C26H18F4N2O6S. The molecule has 1 fully saturated rings. The standard InChI is InChI=1S/C26H18F4N2O6S/c1-2-37-22-11-15(12-23-24(33)31(25(34)39-23)14-16-5-3-4-6-18(16)27)7-9-21(22)38-20-10-8-17(26(28,29)30)13-19(20)32(35)36/h3-13H,2,14H2,1H3/b23-12-. The molecule has 2 amide bonds. The van der Waals surface area contributed by atoms with Crippen LogP contribution in [-0.4, -0.2) is 27.6 Å². The number of nitrogens with zero attached hydrogens (tertiary/aromatic N) is 2. The fraction of sp³-hybridized carbons (Fsp3) is 0.154. The first-order valence-corrected chi connectivity index (χ1v) is 12.1. The number of benzene rings is 3. The Morgan fingerprint density at radius 3 is 2.41 bits per heavy atom. The van der Waals surface area contributed by atoms with E-state index in [2.05, 4.69) is 0 Å². The van der Waals surface area contributed by atoms with Crippen molar-refractivity contribution in [1.29, 1.82) is 0 Å². The van der Waals surface area contributed by atoms with E-state index in [1.54, 1.807) is 13.0 Å². The normalized spacial score (nSPS) is 14.7. The first-order chi connectivity index (χ1) is 18.5. The molecule has 1 saturated heterocycles. The number of imide groups is 1. The lowest BCUT2D eigenvalue weighted by molar-refractivity contribution is -0.385. The van der Waals surface area contributed by atoms with Gasteiger partial charge in [0.25, 0.3) is 11.1 Å². The molecule has 202 valence electrons. The highest BCUT2D eigenvalue weighted by atomic mass is 32.2. The topological polar surface area (TPSA) is 99.0 Å². The SMILES string of the molecule is CCOc1cc(/C=C2\SC(=O)N(Cc3ccccc3F)C2=O)ccc1Oc1ccc(C(F)(F)F)cc1[N+](=O)[O-]. The van der Waals surface area contributed by atoms with Crippen molar-refractivity contribution >= 4 is 34.7 Å². The summed E-state index contributed by atoms with van der Waals surface area (Å²) < 4.78 is 64.1. The van der Waals surface area contributed by atoms with Crippen molar-refractivity contribution < 1.29 is 41.5 Å². The van der Waals surface area contributed by atoms with E-state index in [1.807, 2.05) is 0 Å². The molecule has 0 aliphatic carbocycles. The molecule has 3 aromatic carbocycles. The minimum atomic E-state index is -4.78. The van der Waals surface area contributed by atoms with Crippen LogP contribution in [0.1, 0.15) is 23.6 Å². The maximum absolute atomic E-state index is 14.0. The van der Waals surface area contributed by atoms with Gasteiger partial charge in [0.1, 0.15) is 5.82 Å². The van der Waals surface area contributed by atoms with E-state index in [9.17, 15) is 37.3 Å². The summed E-state index contributed by atoms with van der Waals surface area (Å²) in [5.74, 6) is -1.54. The molecule has 0 N–H and O–H groups in total. The molecule has 0 atom stereocenters. The molecule has 1 aliphatic rings. The average Bonchev–Trinajstić information content (AvgIpc) is 3.13. The third kappa shape index (κ3) is 6.20. The van der Waals surface area contributed by atoms with Crippen LogP contribution in [0.15, 0.2) is 65.6 Å². The number of hydrogen-bond donors (Lipinski definition) is 0. The van der Waals surface area contributed by atoms with E-state index in [0.717, 1.165) is 11.0 Å². The Labute approximate surface area is 223 Å². The Bertz CT molecular complexity index is 1490. The van der Waals surface area contributed by atoms with Gasteiger partial charge in [-0.15, -0.1) is 0 Å². The van der Waals surface area contributed by atoms with E-state index < -0.39 is 45.1 Å². The van der Waals surface area contributed by atoms with Gasteiger partial charge in [0, 0.05) is 11.6 Å².